The fraction of sp³-hybridized carbons (Fsp3) is 0.556. The Balaban J connectivity index is 1.56. The van der Waals surface area contributed by atoms with Gasteiger partial charge in [0.15, 0.2) is 0 Å². The smallest absolute Gasteiger partial charge is 0.407 e. The van der Waals surface area contributed by atoms with Crippen LogP contribution >= 0.6 is 11.6 Å². The third-order valence-electron chi connectivity index (χ3n) is 4.59. The Morgan fingerprint density at radius 2 is 2.23 bits per heavy atom. The van der Waals surface area contributed by atoms with Crippen LogP contribution in [0.5, 0.6) is 0 Å². The summed E-state index contributed by atoms with van der Waals surface area (Å²) in [6.07, 6.45) is 1.50. The summed E-state index contributed by atoms with van der Waals surface area (Å²) in [5.74, 6) is 1.33. The van der Waals surface area contributed by atoms with Gasteiger partial charge in [0.2, 0.25) is 0 Å². The van der Waals surface area contributed by atoms with Crippen LogP contribution < -0.4 is 5.32 Å². The van der Waals surface area contributed by atoms with Crippen LogP contribution in [-0.2, 0) is 11.3 Å². The molecule has 1 aromatic rings. The summed E-state index contributed by atoms with van der Waals surface area (Å²) < 4.78 is 4.89. The number of carbonyl (C=O) groups excluding carboxylic acids is 1. The number of alkyl carbamates (subject to hydrolysis) is 1. The molecular weight excluding hydrogens is 354 g/mol. The first-order valence-corrected chi connectivity index (χ1v) is 9.37. The van der Waals surface area contributed by atoms with Crippen LogP contribution in [0.3, 0.4) is 0 Å². The van der Waals surface area contributed by atoms with Crippen LogP contribution in [0.15, 0.2) is 29.7 Å². The lowest BCUT2D eigenvalue weighted by atomic mass is 10.2. The Labute approximate surface area is 159 Å². The average Bonchev–Trinajstić information content (AvgIpc) is 3.00. The molecular formula is C18H26ClN5O2. The predicted molar refractivity (Wildman–Crippen MR) is 101 cm³/mol. The van der Waals surface area contributed by atoms with Crippen molar-refractivity contribution in [2.75, 3.05) is 46.0 Å². The molecule has 0 aromatic carbocycles. The molecule has 0 radical (unpaired) electrons. The van der Waals surface area contributed by atoms with E-state index in [0.717, 1.165) is 45.0 Å². The van der Waals surface area contributed by atoms with Crippen molar-refractivity contribution in [2.24, 2.45) is 0 Å². The second kappa shape index (κ2) is 8.60. The maximum absolute atomic E-state index is 11.4. The van der Waals surface area contributed by atoms with E-state index in [4.69, 9.17) is 16.3 Å². The second-order valence-corrected chi connectivity index (χ2v) is 7.01. The standard InChI is InChI=1S/C18H26ClN5O2/c1-3-26-18(25)20-6-7-22-11-14(2)17-23(8-9-24(17)13-22)12-15-4-5-16(19)21-10-15/h4-5,10H,3,6-9,11-13H2,1-2H3,(H,20,25). The Bertz CT molecular complexity index is 664. The van der Waals surface area contributed by atoms with Gasteiger partial charge in [-0.15, -0.1) is 0 Å². The third kappa shape index (κ3) is 4.59. The number of nitrogens with one attached hydrogen (secondary N) is 1. The van der Waals surface area contributed by atoms with Gasteiger partial charge in [-0.3, -0.25) is 4.90 Å². The number of fused-ring (bicyclic) bond motifs is 1. The van der Waals surface area contributed by atoms with Gasteiger partial charge in [0.25, 0.3) is 0 Å². The minimum atomic E-state index is -0.346. The molecule has 3 rings (SSSR count). The zero-order valence-electron chi connectivity index (χ0n) is 15.4. The van der Waals surface area contributed by atoms with Gasteiger partial charge in [-0.2, -0.15) is 0 Å². The minimum absolute atomic E-state index is 0.346. The molecule has 1 fully saturated rings. The van der Waals surface area contributed by atoms with E-state index in [-0.39, 0.29) is 6.09 Å². The lowest BCUT2D eigenvalue weighted by Gasteiger charge is -2.37. The molecule has 0 unspecified atom stereocenters. The van der Waals surface area contributed by atoms with Gasteiger partial charge in [-0.25, -0.2) is 9.78 Å². The number of hydrogen-bond acceptors (Lipinski definition) is 6. The largest absolute Gasteiger partial charge is 0.450 e. The van der Waals surface area contributed by atoms with E-state index in [1.54, 1.807) is 6.92 Å². The fourth-order valence-corrected chi connectivity index (χ4v) is 3.66. The molecule has 0 atom stereocenters. The molecule has 7 nitrogen and oxygen atoms in total. The Hall–Kier alpha value is -1.99. The second-order valence-electron chi connectivity index (χ2n) is 6.62. The van der Waals surface area contributed by atoms with E-state index in [2.05, 4.69) is 31.9 Å². The Morgan fingerprint density at radius 1 is 1.38 bits per heavy atom. The summed E-state index contributed by atoms with van der Waals surface area (Å²) in [7, 11) is 0. The summed E-state index contributed by atoms with van der Waals surface area (Å²) >= 11 is 5.88. The molecule has 1 amide bonds. The number of nitrogens with zero attached hydrogens (tertiary/aromatic N) is 4. The molecule has 1 N–H and O–H groups in total. The van der Waals surface area contributed by atoms with Crippen molar-refractivity contribution in [3.05, 3.63) is 40.4 Å². The molecule has 0 saturated carbocycles. The van der Waals surface area contributed by atoms with Crippen LogP contribution in [0, 0.1) is 0 Å². The number of halogens is 1. The zero-order chi connectivity index (χ0) is 18.5. The monoisotopic (exact) mass is 379 g/mol. The molecule has 0 aliphatic carbocycles. The summed E-state index contributed by atoms with van der Waals surface area (Å²) in [5.41, 5.74) is 2.52. The molecule has 0 spiro atoms. The summed E-state index contributed by atoms with van der Waals surface area (Å²) in [6, 6.07) is 3.87. The van der Waals surface area contributed by atoms with Crippen molar-refractivity contribution >= 4 is 17.7 Å². The van der Waals surface area contributed by atoms with Crippen LogP contribution in [0.2, 0.25) is 5.15 Å². The number of carbonyl (C=O) groups is 1. The quantitative estimate of drug-likeness (QED) is 0.764. The predicted octanol–water partition coefficient (Wildman–Crippen LogP) is 2.10. The zero-order valence-corrected chi connectivity index (χ0v) is 16.1. The number of rotatable bonds is 6. The number of hydrogen-bond donors (Lipinski definition) is 1. The number of pyridine rings is 1. The van der Waals surface area contributed by atoms with Crippen molar-refractivity contribution in [2.45, 2.75) is 20.4 Å². The van der Waals surface area contributed by atoms with Crippen LogP contribution in [0.25, 0.3) is 0 Å². The molecule has 2 aliphatic rings. The topological polar surface area (TPSA) is 60.9 Å². The van der Waals surface area contributed by atoms with Crippen molar-refractivity contribution in [3.8, 4) is 0 Å². The summed E-state index contributed by atoms with van der Waals surface area (Å²) in [5, 5.41) is 3.31. The highest BCUT2D eigenvalue weighted by atomic mass is 35.5. The maximum atomic E-state index is 11.4. The average molecular weight is 380 g/mol. The Kier molecular flexibility index (Phi) is 6.21. The molecule has 1 aromatic heterocycles. The molecule has 0 bridgehead atoms. The first kappa shape index (κ1) is 18.8. The normalized spacial score (nSPS) is 17.5. The lowest BCUT2D eigenvalue weighted by Crippen LogP contribution is -2.45. The van der Waals surface area contributed by atoms with E-state index in [0.29, 0.717) is 18.3 Å². The minimum Gasteiger partial charge on any atom is -0.450 e. The number of amides is 1. The van der Waals surface area contributed by atoms with E-state index >= 15 is 0 Å². The first-order chi connectivity index (χ1) is 12.6. The van der Waals surface area contributed by atoms with Gasteiger partial charge in [-0.1, -0.05) is 17.7 Å². The fourth-order valence-electron chi connectivity index (χ4n) is 3.55. The SMILES string of the molecule is CCOC(=O)NCCN1CC(C)=C2N(Cc3ccc(Cl)nc3)CCN2C1. The van der Waals surface area contributed by atoms with Gasteiger partial charge < -0.3 is 19.9 Å². The summed E-state index contributed by atoms with van der Waals surface area (Å²) in [6.45, 7) is 10.4. The third-order valence-corrected chi connectivity index (χ3v) is 4.81. The van der Waals surface area contributed by atoms with Gasteiger partial charge in [0, 0.05) is 45.5 Å². The van der Waals surface area contributed by atoms with E-state index < -0.39 is 0 Å². The number of ether oxygens (including phenoxy) is 1. The van der Waals surface area contributed by atoms with Crippen LogP contribution in [0.1, 0.15) is 19.4 Å². The molecule has 1 saturated heterocycles. The molecule has 3 heterocycles. The van der Waals surface area contributed by atoms with Gasteiger partial charge in [0.05, 0.1) is 13.3 Å². The van der Waals surface area contributed by atoms with Crippen molar-refractivity contribution in [1.29, 1.82) is 0 Å². The summed E-state index contributed by atoms with van der Waals surface area (Å²) in [4.78, 5) is 22.7. The molecule has 142 valence electrons. The Morgan fingerprint density at radius 3 is 2.96 bits per heavy atom. The highest BCUT2D eigenvalue weighted by Gasteiger charge is 2.31. The van der Waals surface area contributed by atoms with E-state index in [1.807, 2.05) is 18.3 Å². The molecule has 8 heteroatoms. The van der Waals surface area contributed by atoms with Crippen molar-refractivity contribution in [3.63, 3.8) is 0 Å². The highest BCUT2D eigenvalue weighted by Crippen LogP contribution is 2.28. The molecule has 26 heavy (non-hydrogen) atoms. The van der Waals surface area contributed by atoms with Crippen LogP contribution in [-0.4, -0.2) is 71.8 Å². The molecule has 2 aliphatic heterocycles. The first-order valence-electron chi connectivity index (χ1n) is 9.00. The number of aromatic nitrogens is 1. The van der Waals surface area contributed by atoms with Crippen molar-refractivity contribution < 1.29 is 9.53 Å². The van der Waals surface area contributed by atoms with Gasteiger partial charge in [-0.05, 0) is 31.1 Å². The van der Waals surface area contributed by atoms with Gasteiger partial charge in [0.1, 0.15) is 11.0 Å². The maximum Gasteiger partial charge on any atom is 0.407 e. The van der Waals surface area contributed by atoms with Crippen LogP contribution in [0.4, 0.5) is 4.79 Å². The van der Waals surface area contributed by atoms with Gasteiger partial charge >= 0.3 is 6.09 Å². The van der Waals surface area contributed by atoms with Crippen molar-refractivity contribution in [1.82, 2.24) is 25.0 Å². The van der Waals surface area contributed by atoms with E-state index in [9.17, 15) is 4.79 Å². The highest BCUT2D eigenvalue weighted by molar-refractivity contribution is 6.29. The van der Waals surface area contributed by atoms with E-state index in [1.165, 1.54) is 11.4 Å². The lowest BCUT2D eigenvalue weighted by molar-refractivity contribution is 0.138.